The Bertz CT molecular complexity index is 258. The second-order valence-corrected chi connectivity index (χ2v) is 2.72. The van der Waals surface area contributed by atoms with Gasteiger partial charge in [0.15, 0.2) is 5.88 Å². The third-order valence-corrected chi connectivity index (χ3v) is 1.94. The zero-order chi connectivity index (χ0) is 9.84. The van der Waals surface area contributed by atoms with Crippen LogP contribution >= 0.6 is 0 Å². The van der Waals surface area contributed by atoms with Crippen LogP contribution in [0, 0.1) is 0 Å². The highest BCUT2D eigenvalue weighted by atomic mass is 16.4. The Hall–Kier alpha value is -0.935. The second kappa shape index (κ2) is 4.34. The van der Waals surface area contributed by atoms with Crippen molar-refractivity contribution in [3.63, 3.8) is 0 Å². The molecule has 5 heteroatoms. The third kappa shape index (κ3) is 2.26. The third-order valence-electron chi connectivity index (χ3n) is 1.94. The van der Waals surface area contributed by atoms with Gasteiger partial charge in [0.05, 0.1) is 0 Å². The molecule has 0 atom stereocenters. The molecule has 0 amide bonds. The molecule has 0 aliphatic carbocycles. The second-order valence-electron chi connectivity index (χ2n) is 2.72. The summed E-state index contributed by atoms with van der Waals surface area (Å²) in [7, 11) is -1.52. The van der Waals surface area contributed by atoms with Crippen molar-refractivity contribution in [3.05, 3.63) is 12.1 Å². The highest BCUT2D eigenvalue weighted by Gasteiger charge is 2.17. The number of hydrogen-bond acceptors (Lipinski definition) is 4. The Morgan fingerprint density at radius 3 is 2.31 bits per heavy atom. The molecule has 13 heavy (non-hydrogen) atoms. The quantitative estimate of drug-likeness (QED) is 0.635. The van der Waals surface area contributed by atoms with Gasteiger partial charge in [0.25, 0.3) is 0 Å². The zero-order valence-electron chi connectivity index (χ0n) is 7.90. The minimum absolute atomic E-state index is 0.182. The smallest absolute Gasteiger partial charge is 0.449 e. The Morgan fingerprint density at radius 2 is 1.92 bits per heavy atom. The highest BCUT2D eigenvalue weighted by Crippen LogP contribution is 2.12. The molecule has 0 aliphatic rings. The molecule has 1 rings (SSSR count). The fourth-order valence-electron chi connectivity index (χ4n) is 1.19. The van der Waals surface area contributed by atoms with Gasteiger partial charge in [-0.15, -0.1) is 0 Å². The summed E-state index contributed by atoms with van der Waals surface area (Å²) >= 11 is 0. The zero-order valence-corrected chi connectivity index (χ0v) is 7.90. The SMILES string of the molecule is CCN(CC)c1ccc(B(O)O)o1. The van der Waals surface area contributed by atoms with Crippen molar-refractivity contribution in [1.82, 2.24) is 0 Å². The lowest BCUT2D eigenvalue weighted by atomic mass is 9.88. The predicted molar refractivity (Wildman–Crippen MR) is 52.1 cm³/mol. The Balaban J connectivity index is 2.78. The summed E-state index contributed by atoms with van der Waals surface area (Å²) < 4.78 is 5.21. The van der Waals surface area contributed by atoms with E-state index in [1.807, 2.05) is 18.7 Å². The Morgan fingerprint density at radius 1 is 1.31 bits per heavy atom. The number of rotatable bonds is 4. The lowest BCUT2D eigenvalue weighted by Gasteiger charge is -2.16. The first kappa shape index (κ1) is 10.1. The minimum Gasteiger partial charge on any atom is -0.449 e. The molecule has 0 radical (unpaired) electrons. The number of anilines is 1. The number of nitrogens with zero attached hydrogens (tertiary/aromatic N) is 1. The molecular weight excluding hydrogens is 169 g/mol. The van der Waals surface area contributed by atoms with Crippen LogP contribution in [-0.4, -0.2) is 30.3 Å². The molecule has 0 spiro atoms. The fraction of sp³-hybridized carbons (Fsp3) is 0.500. The van der Waals surface area contributed by atoms with Gasteiger partial charge in [-0.2, -0.15) is 0 Å². The van der Waals surface area contributed by atoms with Crippen LogP contribution in [0.4, 0.5) is 5.88 Å². The fourth-order valence-corrected chi connectivity index (χ4v) is 1.19. The lowest BCUT2D eigenvalue weighted by Crippen LogP contribution is -2.28. The molecule has 1 aromatic heterocycles. The maximum atomic E-state index is 8.81. The topological polar surface area (TPSA) is 56.8 Å². The van der Waals surface area contributed by atoms with Crippen LogP contribution in [0.15, 0.2) is 16.5 Å². The maximum absolute atomic E-state index is 8.81. The first-order chi connectivity index (χ1) is 6.19. The van der Waals surface area contributed by atoms with Gasteiger partial charge in [-0.05, 0) is 19.9 Å². The molecule has 4 nitrogen and oxygen atoms in total. The molecule has 1 heterocycles. The standard InChI is InChI=1S/C8H14BNO3/c1-3-10(4-2)8-6-5-7(13-8)9(11)12/h5-6,11-12H,3-4H2,1-2H3. The summed E-state index contributed by atoms with van der Waals surface area (Å²) in [6.45, 7) is 5.71. The maximum Gasteiger partial charge on any atom is 0.526 e. The summed E-state index contributed by atoms with van der Waals surface area (Å²) in [5, 5.41) is 17.6. The van der Waals surface area contributed by atoms with Gasteiger partial charge in [-0.3, -0.25) is 0 Å². The van der Waals surface area contributed by atoms with E-state index in [-0.39, 0.29) is 5.66 Å². The summed E-state index contributed by atoms with van der Waals surface area (Å²) in [6.07, 6.45) is 0. The molecule has 72 valence electrons. The summed E-state index contributed by atoms with van der Waals surface area (Å²) in [6, 6.07) is 3.31. The van der Waals surface area contributed by atoms with Crippen molar-refractivity contribution in [2.45, 2.75) is 13.8 Å². The molecule has 0 bridgehead atoms. The van der Waals surface area contributed by atoms with E-state index in [4.69, 9.17) is 14.5 Å². The predicted octanol–water partition coefficient (Wildman–Crippen LogP) is -0.194. The summed E-state index contributed by atoms with van der Waals surface area (Å²) in [5.41, 5.74) is 0.182. The van der Waals surface area contributed by atoms with Gasteiger partial charge < -0.3 is 19.4 Å². The molecular formula is C8H14BNO3. The average Bonchev–Trinajstić information content (AvgIpc) is 2.56. The molecule has 0 saturated heterocycles. The number of hydrogen-bond donors (Lipinski definition) is 2. The van der Waals surface area contributed by atoms with Gasteiger partial charge in [0, 0.05) is 19.2 Å². The first-order valence-electron chi connectivity index (χ1n) is 4.39. The van der Waals surface area contributed by atoms with Gasteiger partial charge in [0.2, 0.25) is 0 Å². The average molecular weight is 183 g/mol. The summed E-state index contributed by atoms with van der Waals surface area (Å²) in [5.74, 6) is 0.674. The van der Waals surface area contributed by atoms with E-state index in [9.17, 15) is 0 Å². The van der Waals surface area contributed by atoms with Crippen molar-refractivity contribution in [3.8, 4) is 0 Å². The molecule has 0 fully saturated rings. The van der Waals surface area contributed by atoms with Crippen molar-refractivity contribution in [2.24, 2.45) is 0 Å². The van der Waals surface area contributed by atoms with E-state index in [1.54, 1.807) is 12.1 Å². The molecule has 1 aromatic rings. The van der Waals surface area contributed by atoms with Crippen LogP contribution < -0.4 is 10.6 Å². The molecule has 0 unspecified atom stereocenters. The van der Waals surface area contributed by atoms with Gasteiger partial charge >= 0.3 is 7.12 Å². The molecule has 0 aromatic carbocycles. The van der Waals surface area contributed by atoms with Crippen LogP contribution in [0.1, 0.15) is 13.8 Å². The van der Waals surface area contributed by atoms with Crippen LogP contribution in [0.3, 0.4) is 0 Å². The largest absolute Gasteiger partial charge is 0.526 e. The number of furan rings is 1. The van der Waals surface area contributed by atoms with Gasteiger partial charge in [-0.1, -0.05) is 0 Å². The van der Waals surface area contributed by atoms with Crippen molar-refractivity contribution in [2.75, 3.05) is 18.0 Å². The van der Waals surface area contributed by atoms with Crippen LogP contribution in [0.25, 0.3) is 0 Å². The van der Waals surface area contributed by atoms with Crippen LogP contribution in [0.5, 0.6) is 0 Å². The van der Waals surface area contributed by atoms with Gasteiger partial charge in [0.1, 0.15) is 5.66 Å². The van der Waals surface area contributed by atoms with E-state index >= 15 is 0 Å². The summed E-state index contributed by atoms with van der Waals surface area (Å²) in [4.78, 5) is 1.99. The highest BCUT2D eigenvalue weighted by molar-refractivity contribution is 6.57. The Kier molecular flexibility index (Phi) is 3.39. The van der Waals surface area contributed by atoms with E-state index < -0.39 is 7.12 Å². The normalized spacial score (nSPS) is 10.2. The monoisotopic (exact) mass is 183 g/mol. The van der Waals surface area contributed by atoms with Crippen molar-refractivity contribution >= 4 is 18.7 Å². The van der Waals surface area contributed by atoms with E-state index in [0.717, 1.165) is 13.1 Å². The molecule has 2 N–H and O–H groups in total. The van der Waals surface area contributed by atoms with E-state index in [0.29, 0.717) is 5.88 Å². The van der Waals surface area contributed by atoms with Crippen LogP contribution in [0.2, 0.25) is 0 Å². The first-order valence-corrected chi connectivity index (χ1v) is 4.39. The van der Waals surface area contributed by atoms with Crippen LogP contribution in [-0.2, 0) is 0 Å². The van der Waals surface area contributed by atoms with Crippen molar-refractivity contribution < 1.29 is 14.5 Å². The molecule has 0 saturated carbocycles. The molecule has 0 aliphatic heterocycles. The van der Waals surface area contributed by atoms with E-state index in [1.165, 1.54) is 0 Å². The Labute approximate surface area is 77.9 Å². The van der Waals surface area contributed by atoms with Gasteiger partial charge in [-0.25, -0.2) is 0 Å². The lowest BCUT2D eigenvalue weighted by molar-refractivity contribution is 0.409. The van der Waals surface area contributed by atoms with Crippen molar-refractivity contribution in [1.29, 1.82) is 0 Å². The van der Waals surface area contributed by atoms with E-state index in [2.05, 4.69) is 0 Å². The minimum atomic E-state index is -1.52.